The van der Waals surface area contributed by atoms with Crippen LogP contribution in [0.3, 0.4) is 0 Å². The molecule has 1 fully saturated rings. The Morgan fingerprint density at radius 2 is 2.26 bits per heavy atom. The molecule has 1 unspecified atom stereocenters. The molecule has 2 heterocycles. The van der Waals surface area contributed by atoms with Crippen molar-refractivity contribution in [2.75, 3.05) is 20.1 Å². The van der Waals surface area contributed by atoms with Gasteiger partial charge in [-0.05, 0) is 51.9 Å². The molecule has 0 saturated carbocycles. The van der Waals surface area contributed by atoms with Gasteiger partial charge in [-0.2, -0.15) is 0 Å². The highest BCUT2D eigenvalue weighted by Gasteiger charge is 2.33. The zero-order valence-electron chi connectivity index (χ0n) is 12.6. The van der Waals surface area contributed by atoms with Gasteiger partial charge in [-0.3, -0.25) is 9.88 Å². The van der Waals surface area contributed by atoms with E-state index in [1.54, 1.807) is 0 Å². The van der Waals surface area contributed by atoms with Gasteiger partial charge in [0.15, 0.2) is 0 Å². The van der Waals surface area contributed by atoms with Gasteiger partial charge in [-0.25, -0.2) is 0 Å². The van der Waals surface area contributed by atoms with Gasteiger partial charge in [0.05, 0.1) is 5.69 Å². The fourth-order valence-corrected chi connectivity index (χ4v) is 3.31. The van der Waals surface area contributed by atoms with Crippen molar-refractivity contribution >= 4 is 0 Å². The van der Waals surface area contributed by atoms with Gasteiger partial charge in [-0.15, -0.1) is 0 Å². The highest BCUT2D eigenvalue weighted by Crippen LogP contribution is 2.25. The predicted molar refractivity (Wildman–Crippen MR) is 80.2 cm³/mol. The zero-order valence-corrected chi connectivity index (χ0v) is 12.6. The maximum absolute atomic E-state index is 4.59. The van der Waals surface area contributed by atoms with Gasteiger partial charge in [0.1, 0.15) is 0 Å². The van der Waals surface area contributed by atoms with Crippen molar-refractivity contribution in [1.82, 2.24) is 15.2 Å². The third-order valence-electron chi connectivity index (χ3n) is 4.01. The number of nitrogens with one attached hydrogen (secondary N) is 1. The number of nitrogens with zero attached hydrogens (tertiary/aromatic N) is 2. The molecule has 1 aromatic heterocycles. The lowest BCUT2D eigenvalue weighted by molar-refractivity contribution is 0.206. The first kappa shape index (κ1) is 14.5. The van der Waals surface area contributed by atoms with Gasteiger partial charge in [0.25, 0.3) is 0 Å². The van der Waals surface area contributed by atoms with Crippen LogP contribution in [-0.2, 0) is 6.54 Å². The van der Waals surface area contributed by atoms with E-state index < -0.39 is 0 Å². The SMILES string of the molecule is CCCC1(CN(C)Cc2cccc(C)n2)CCCN1. The Bertz CT molecular complexity index is 397. The molecule has 1 aliphatic heterocycles. The maximum Gasteiger partial charge on any atom is 0.0547 e. The Balaban J connectivity index is 1.94. The topological polar surface area (TPSA) is 28.2 Å². The van der Waals surface area contributed by atoms with Gasteiger partial charge in [-0.1, -0.05) is 19.4 Å². The maximum atomic E-state index is 4.59. The van der Waals surface area contributed by atoms with Crippen LogP contribution in [0.5, 0.6) is 0 Å². The second-order valence-electron chi connectivity index (χ2n) is 6.00. The van der Waals surface area contributed by atoms with Crippen LogP contribution in [0.1, 0.15) is 44.0 Å². The molecule has 3 nitrogen and oxygen atoms in total. The summed E-state index contributed by atoms with van der Waals surface area (Å²) in [5, 5.41) is 3.74. The van der Waals surface area contributed by atoms with Crippen molar-refractivity contribution in [1.29, 1.82) is 0 Å². The minimum Gasteiger partial charge on any atom is -0.310 e. The second-order valence-corrected chi connectivity index (χ2v) is 6.00. The van der Waals surface area contributed by atoms with E-state index in [0.29, 0.717) is 5.54 Å². The quantitative estimate of drug-likeness (QED) is 0.853. The third-order valence-corrected chi connectivity index (χ3v) is 4.01. The first-order valence-corrected chi connectivity index (χ1v) is 7.50. The molecule has 0 aromatic carbocycles. The van der Waals surface area contributed by atoms with E-state index in [1.807, 2.05) is 0 Å². The van der Waals surface area contributed by atoms with Crippen molar-refractivity contribution in [3.63, 3.8) is 0 Å². The molecule has 0 aliphatic carbocycles. The normalized spacial score (nSPS) is 23.2. The average Bonchev–Trinajstić information content (AvgIpc) is 2.77. The zero-order chi connectivity index (χ0) is 13.7. The minimum atomic E-state index is 0.341. The van der Waals surface area contributed by atoms with E-state index in [2.05, 4.69) is 54.3 Å². The average molecular weight is 261 g/mol. The lowest BCUT2D eigenvalue weighted by Crippen LogP contribution is -2.48. The fraction of sp³-hybridized carbons (Fsp3) is 0.688. The van der Waals surface area contributed by atoms with E-state index in [9.17, 15) is 0 Å². The van der Waals surface area contributed by atoms with Crippen molar-refractivity contribution < 1.29 is 0 Å². The Hall–Kier alpha value is -0.930. The van der Waals surface area contributed by atoms with Crippen LogP contribution in [-0.4, -0.2) is 35.6 Å². The largest absolute Gasteiger partial charge is 0.310 e. The molecule has 0 spiro atoms. The molecule has 1 atom stereocenters. The molecule has 1 N–H and O–H groups in total. The first-order valence-electron chi connectivity index (χ1n) is 7.50. The van der Waals surface area contributed by atoms with Crippen molar-refractivity contribution in [2.45, 2.75) is 51.6 Å². The van der Waals surface area contributed by atoms with Crippen molar-refractivity contribution in [2.24, 2.45) is 0 Å². The summed E-state index contributed by atoms with van der Waals surface area (Å²) in [7, 11) is 2.21. The molecule has 1 aromatic rings. The van der Waals surface area contributed by atoms with Crippen LogP contribution in [0.25, 0.3) is 0 Å². The van der Waals surface area contributed by atoms with Gasteiger partial charge >= 0.3 is 0 Å². The molecular weight excluding hydrogens is 234 g/mol. The van der Waals surface area contributed by atoms with Gasteiger partial charge in [0, 0.05) is 24.3 Å². The van der Waals surface area contributed by atoms with E-state index in [1.165, 1.54) is 37.9 Å². The minimum absolute atomic E-state index is 0.341. The smallest absolute Gasteiger partial charge is 0.0547 e. The summed E-state index contributed by atoms with van der Waals surface area (Å²) in [6, 6.07) is 6.28. The standard InChI is InChI=1S/C16H27N3/c1-4-9-16(10-6-11-17-16)13-19(3)12-15-8-5-7-14(2)18-15/h5,7-8,17H,4,6,9-13H2,1-3H3. The summed E-state index contributed by atoms with van der Waals surface area (Å²) < 4.78 is 0. The van der Waals surface area contributed by atoms with Crippen LogP contribution in [0, 0.1) is 6.92 Å². The monoisotopic (exact) mass is 261 g/mol. The number of aryl methyl sites for hydroxylation is 1. The summed E-state index contributed by atoms with van der Waals surface area (Å²) in [4.78, 5) is 7.01. The summed E-state index contributed by atoms with van der Waals surface area (Å²) in [5.41, 5.74) is 2.62. The van der Waals surface area contributed by atoms with Crippen LogP contribution in [0.2, 0.25) is 0 Å². The Morgan fingerprint density at radius 1 is 1.42 bits per heavy atom. The highest BCUT2D eigenvalue weighted by atomic mass is 15.2. The fourth-order valence-electron chi connectivity index (χ4n) is 3.31. The van der Waals surface area contributed by atoms with E-state index in [-0.39, 0.29) is 0 Å². The predicted octanol–water partition coefficient (Wildman–Crippen LogP) is 2.74. The molecule has 19 heavy (non-hydrogen) atoms. The lowest BCUT2D eigenvalue weighted by Gasteiger charge is -2.34. The van der Waals surface area contributed by atoms with E-state index in [0.717, 1.165) is 18.8 Å². The number of hydrogen-bond acceptors (Lipinski definition) is 3. The molecule has 106 valence electrons. The molecule has 0 amide bonds. The van der Waals surface area contributed by atoms with Crippen LogP contribution >= 0.6 is 0 Å². The summed E-state index contributed by atoms with van der Waals surface area (Å²) in [6.07, 6.45) is 5.16. The molecule has 1 saturated heterocycles. The number of hydrogen-bond donors (Lipinski definition) is 1. The molecule has 0 radical (unpaired) electrons. The second kappa shape index (κ2) is 6.49. The number of aromatic nitrogens is 1. The Kier molecular flexibility index (Phi) is 4.94. The van der Waals surface area contributed by atoms with Crippen LogP contribution in [0.4, 0.5) is 0 Å². The summed E-state index contributed by atoms with van der Waals surface area (Å²) in [6.45, 7) is 7.58. The van der Waals surface area contributed by atoms with Gasteiger partial charge in [0.2, 0.25) is 0 Å². The Labute approximate surface area is 117 Å². The van der Waals surface area contributed by atoms with E-state index >= 15 is 0 Å². The van der Waals surface area contributed by atoms with Gasteiger partial charge < -0.3 is 5.32 Å². The molecule has 0 bridgehead atoms. The number of rotatable bonds is 6. The lowest BCUT2D eigenvalue weighted by atomic mass is 9.91. The highest BCUT2D eigenvalue weighted by molar-refractivity contribution is 5.10. The van der Waals surface area contributed by atoms with E-state index in [4.69, 9.17) is 0 Å². The van der Waals surface area contributed by atoms with Crippen molar-refractivity contribution in [3.8, 4) is 0 Å². The summed E-state index contributed by atoms with van der Waals surface area (Å²) >= 11 is 0. The third kappa shape index (κ3) is 4.02. The van der Waals surface area contributed by atoms with Crippen molar-refractivity contribution in [3.05, 3.63) is 29.6 Å². The molecule has 1 aliphatic rings. The molecule has 2 rings (SSSR count). The first-order chi connectivity index (χ1) is 9.13. The number of likely N-dealkylation sites (N-methyl/N-ethyl adjacent to an activating group) is 1. The van der Waals surface area contributed by atoms with Crippen LogP contribution < -0.4 is 5.32 Å². The number of pyridine rings is 1. The molecule has 3 heteroatoms. The van der Waals surface area contributed by atoms with Crippen LogP contribution in [0.15, 0.2) is 18.2 Å². The molecular formula is C16H27N3. The summed E-state index contributed by atoms with van der Waals surface area (Å²) in [5.74, 6) is 0. The Morgan fingerprint density at radius 3 is 2.89 bits per heavy atom.